The fourth-order valence-corrected chi connectivity index (χ4v) is 2.19. The van der Waals surface area contributed by atoms with Crippen LogP contribution < -0.4 is 10.6 Å². The molecule has 0 atom stereocenters. The zero-order valence-corrected chi connectivity index (χ0v) is 12.1. The predicted molar refractivity (Wildman–Crippen MR) is 81.9 cm³/mol. The summed E-state index contributed by atoms with van der Waals surface area (Å²) in [6, 6.07) is 11.0. The van der Waals surface area contributed by atoms with Gasteiger partial charge in [-0.1, -0.05) is 6.07 Å². The van der Waals surface area contributed by atoms with Gasteiger partial charge in [0.25, 0.3) is 5.91 Å². The summed E-state index contributed by atoms with van der Waals surface area (Å²) >= 11 is 0. The Morgan fingerprint density at radius 2 is 2.00 bits per heavy atom. The van der Waals surface area contributed by atoms with Crippen molar-refractivity contribution in [1.29, 1.82) is 0 Å². The number of nitrogen functional groups attached to an aromatic ring is 1. The Bertz CT molecular complexity index is 637. The van der Waals surface area contributed by atoms with Gasteiger partial charge in [0.15, 0.2) is 0 Å². The zero-order chi connectivity index (χ0) is 14.7. The first-order valence-electron chi connectivity index (χ1n) is 6.64. The highest BCUT2D eigenvalue weighted by Gasteiger charge is 2.18. The predicted octanol–water partition coefficient (Wildman–Crippen LogP) is 2.95. The molecular weight excluding hydrogens is 250 g/mol. The molecule has 1 amide bonds. The van der Waals surface area contributed by atoms with Crippen LogP contribution in [0.2, 0.25) is 0 Å². The lowest BCUT2D eigenvalue weighted by Gasteiger charge is -2.22. The van der Waals surface area contributed by atoms with Crippen molar-refractivity contribution in [2.24, 2.45) is 0 Å². The van der Waals surface area contributed by atoms with E-state index < -0.39 is 0 Å². The van der Waals surface area contributed by atoms with E-state index in [9.17, 15) is 4.79 Å². The molecule has 0 aliphatic rings. The fourth-order valence-electron chi connectivity index (χ4n) is 2.19. The molecule has 1 aromatic carbocycles. The zero-order valence-electron chi connectivity index (χ0n) is 12.1. The minimum absolute atomic E-state index is 0.0527. The lowest BCUT2D eigenvalue weighted by Crippen LogP contribution is -2.31. The number of anilines is 2. The average Bonchev–Trinajstić information content (AvgIpc) is 2.39. The second-order valence-electron chi connectivity index (χ2n) is 4.73. The van der Waals surface area contributed by atoms with Gasteiger partial charge >= 0.3 is 0 Å². The van der Waals surface area contributed by atoms with Gasteiger partial charge in [-0.15, -0.1) is 0 Å². The summed E-state index contributed by atoms with van der Waals surface area (Å²) in [6.45, 7) is 6.29. The quantitative estimate of drug-likeness (QED) is 0.871. The van der Waals surface area contributed by atoms with Gasteiger partial charge in [-0.25, -0.2) is 0 Å². The summed E-state index contributed by atoms with van der Waals surface area (Å²) in [5.41, 5.74) is 9.52. The number of aromatic nitrogens is 1. The Hall–Kier alpha value is -2.36. The number of nitrogens with zero attached hydrogens (tertiary/aromatic N) is 2. The lowest BCUT2D eigenvalue weighted by molar-refractivity contribution is 0.0987. The maximum absolute atomic E-state index is 12.7. The summed E-state index contributed by atoms with van der Waals surface area (Å²) in [6.07, 6.45) is 0. The van der Waals surface area contributed by atoms with Crippen LogP contribution in [0.15, 0.2) is 36.4 Å². The third-order valence-corrected chi connectivity index (χ3v) is 3.20. The van der Waals surface area contributed by atoms with Crippen LogP contribution in [0, 0.1) is 13.8 Å². The Balaban J connectivity index is 2.39. The summed E-state index contributed by atoms with van der Waals surface area (Å²) in [4.78, 5) is 18.7. The van der Waals surface area contributed by atoms with E-state index in [1.54, 1.807) is 17.0 Å². The first-order valence-corrected chi connectivity index (χ1v) is 6.64. The van der Waals surface area contributed by atoms with Crippen molar-refractivity contribution in [2.45, 2.75) is 20.8 Å². The molecule has 2 rings (SSSR count). The fraction of sp³-hybridized carbons (Fsp3) is 0.250. The average molecular weight is 269 g/mol. The van der Waals surface area contributed by atoms with Crippen LogP contribution in [-0.2, 0) is 0 Å². The standard InChI is InChI=1S/C16H19N3O/c1-4-19(14-7-5-6-13(17)10-14)16(20)15-9-8-11(2)18-12(15)3/h5-10H,4,17H2,1-3H3. The third-order valence-electron chi connectivity index (χ3n) is 3.20. The molecule has 0 aliphatic heterocycles. The van der Waals surface area contributed by atoms with E-state index in [1.165, 1.54) is 0 Å². The van der Waals surface area contributed by atoms with Crippen LogP contribution in [0.3, 0.4) is 0 Å². The van der Waals surface area contributed by atoms with Crippen LogP contribution >= 0.6 is 0 Å². The van der Waals surface area contributed by atoms with E-state index in [1.807, 2.05) is 45.0 Å². The van der Waals surface area contributed by atoms with Crippen LogP contribution in [-0.4, -0.2) is 17.4 Å². The highest BCUT2D eigenvalue weighted by atomic mass is 16.2. The van der Waals surface area contributed by atoms with E-state index in [2.05, 4.69) is 4.98 Å². The summed E-state index contributed by atoms with van der Waals surface area (Å²) < 4.78 is 0. The Morgan fingerprint density at radius 3 is 2.60 bits per heavy atom. The van der Waals surface area contributed by atoms with Gasteiger partial charge in [-0.2, -0.15) is 0 Å². The van der Waals surface area contributed by atoms with Crippen molar-refractivity contribution in [1.82, 2.24) is 4.98 Å². The largest absolute Gasteiger partial charge is 0.399 e. The molecular formula is C16H19N3O. The molecule has 0 radical (unpaired) electrons. The summed E-state index contributed by atoms with van der Waals surface area (Å²) in [5.74, 6) is -0.0527. The number of hydrogen-bond acceptors (Lipinski definition) is 3. The molecule has 0 spiro atoms. The van der Waals surface area contributed by atoms with Crippen molar-refractivity contribution >= 4 is 17.3 Å². The number of aryl methyl sites for hydroxylation is 2. The van der Waals surface area contributed by atoms with Crippen LogP contribution in [0.5, 0.6) is 0 Å². The maximum Gasteiger partial charge on any atom is 0.260 e. The number of nitrogens with two attached hydrogens (primary N) is 1. The second-order valence-corrected chi connectivity index (χ2v) is 4.73. The van der Waals surface area contributed by atoms with E-state index in [4.69, 9.17) is 5.73 Å². The molecule has 1 aromatic heterocycles. The van der Waals surface area contributed by atoms with Gasteiger partial charge < -0.3 is 10.6 Å². The third kappa shape index (κ3) is 2.79. The maximum atomic E-state index is 12.7. The number of carbonyl (C=O) groups is 1. The van der Waals surface area contributed by atoms with Gasteiger partial charge in [-0.3, -0.25) is 9.78 Å². The lowest BCUT2D eigenvalue weighted by atomic mass is 10.1. The Kier molecular flexibility index (Phi) is 4.03. The molecule has 1 heterocycles. The number of rotatable bonds is 3. The highest BCUT2D eigenvalue weighted by Crippen LogP contribution is 2.20. The van der Waals surface area contributed by atoms with Gasteiger partial charge in [0.2, 0.25) is 0 Å². The van der Waals surface area contributed by atoms with Crippen molar-refractivity contribution in [3.05, 3.63) is 53.3 Å². The molecule has 2 N–H and O–H groups in total. The number of benzene rings is 1. The topological polar surface area (TPSA) is 59.2 Å². The molecule has 0 aliphatic carbocycles. The summed E-state index contributed by atoms with van der Waals surface area (Å²) in [7, 11) is 0. The number of pyridine rings is 1. The SMILES string of the molecule is CCN(C(=O)c1ccc(C)nc1C)c1cccc(N)c1. The van der Waals surface area contributed by atoms with Crippen molar-refractivity contribution in [3.8, 4) is 0 Å². The molecule has 0 fully saturated rings. The number of amides is 1. The number of hydrogen-bond donors (Lipinski definition) is 1. The van der Waals surface area contributed by atoms with Gasteiger partial charge in [0.1, 0.15) is 0 Å². The second kappa shape index (κ2) is 5.74. The van der Waals surface area contributed by atoms with Crippen molar-refractivity contribution in [2.75, 3.05) is 17.2 Å². The highest BCUT2D eigenvalue weighted by molar-refractivity contribution is 6.06. The van der Waals surface area contributed by atoms with Gasteiger partial charge in [-0.05, 0) is 51.1 Å². The minimum atomic E-state index is -0.0527. The van der Waals surface area contributed by atoms with E-state index in [0.717, 1.165) is 17.1 Å². The minimum Gasteiger partial charge on any atom is -0.399 e. The molecule has 0 saturated heterocycles. The van der Waals surface area contributed by atoms with E-state index >= 15 is 0 Å². The van der Waals surface area contributed by atoms with Gasteiger partial charge in [0, 0.05) is 23.6 Å². The molecule has 0 saturated carbocycles. The van der Waals surface area contributed by atoms with E-state index in [-0.39, 0.29) is 5.91 Å². The first-order chi connectivity index (χ1) is 9.52. The normalized spacial score (nSPS) is 10.3. The summed E-state index contributed by atoms with van der Waals surface area (Å²) in [5, 5.41) is 0. The van der Waals surface area contributed by atoms with Gasteiger partial charge in [0.05, 0.1) is 11.3 Å². The number of carbonyl (C=O) groups excluding carboxylic acids is 1. The van der Waals surface area contributed by atoms with Crippen LogP contribution in [0.4, 0.5) is 11.4 Å². The smallest absolute Gasteiger partial charge is 0.260 e. The van der Waals surface area contributed by atoms with Crippen molar-refractivity contribution < 1.29 is 4.79 Å². The Morgan fingerprint density at radius 1 is 1.25 bits per heavy atom. The molecule has 0 unspecified atom stereocenters. The molecule has 20 heavy (non-hydrogen) atoms. The molecule has 104 valence electrons. The van der Waals surface area contributed by atoms with Crippen LogP contribution in [0.1, 0.15) is 28.7 Å². The van der Waals surface area contributed by atoms with E-state index in [0.29, 0.717) is 17.8 Å². The van der Waals surface area contributed by atoms with Crippen LogP contribution in [0.25, 0.3) is 0 Å². The molecule has 4 nitrogen and oxygen atoms in total. The van der Waals surface area contributed by atoms with Crippen molar-refractivity contribution in [3.63, 3.8) is 0 Å². The Labute approximate surface area is 119 Å². The molecule has 0 bridgehead atoms. The first kappa shape index (κ1) is 14.1. The molecule has 4 heteroatoms. The monoisotopic (exact) mass is 269 g/mol. The molecule has 2 aromatic rings.